The van der Waals surface area contributed by atoms with E-state index in [0.717, 1.165) is 10.0 Å². The highest BCUT2D eigenvalue weighted by molar-refractivity contribution is 9.10. The Morgan fingerprint density at radius 1 is 1.73 bits per heavy atom. The standard InChI is InChI=1S/C9H11BrN2O3/c1-15-8-4-6(7(10)5-12-8)2-3-11-9(13)14/h4-5,11H,2-3H2,1H3,(H,13,14). The van der Waals surface area contributed by atoms with Gasteiger partial charge in [-0.1, -0.05) is 0 Å². The first-order valence-corrected chi connectivity index (χ1v) is 5.08. The van der Waals surface area contributed by atoms with Crippen LogP contribution in [0.4, 0.5) is 4.79 Å². The topological polar surface area (TPSA) is 71.5 Å². The van der Waals surface area contributed by atoms with Gasteiger partial charge in [0.1, 0.15) is 0 Å². The normalized spacial score (nSPS) is 9.73. The van der Waals surface area contributed by atoms with E-state index in [4.69, 9.17) is 9.84 Å². The van der Waals surface area contributed by atoms with Gasteiger partial charge in [0.15, 0.2) is 0 Å². The number of halogens is 1. The molecule has 0 fully saturated rings. The summed E-state index contributed by atoms with van der Waals surface area (Å²) in [6, 6.07) is 1.77. The Hall–Kier alpha value is -1.30. The van der Waals surface area contributed by atoms with E-state index in [2.05, 4.69) is 26.2 Å². The molecule has 1 heterocycles. The van der Waals surface area contributed by atoms with Crippen molar-refractivity contribution in [2.45, 2.75) is 6.42 Å². The van der Waals surface area contributed by atoms with Crippen LogP contribution in [0.5, 0.6) is 5.88 Å². The second-order valence-electron chi connectivity index (χ2n) is 2.80. The van der Waals surface area contributed by atoms with E-state index in [1.165, 1.54) is 7.11 Å². The number of methoxy groups -OCH3 is 1. The number of carbonyl (C=O) groups is 1. The van der Waals surface area contributed by atoms with Crippen LogP contribution in [0.2, 0.25) is 0 Å². The summed E-state index contributed by atoms with van der Waals surface area (Å²) in [5.74, 6) is 0.517. The largest absolute Gasteiger partial charge is 0.481 e. The average molecular weight is 275 g/mol. The summed E-state index contributed by atoms with van der Waals surface area (Å²) in [7, 11) is 1.54. The SMILES string of the molecule is COc1cc(CCNC(=O)O)c(Br)cn1. The number of nitrogens with one attached hydrogen (secondary N) is 1. The molecule has 0 saturated heterocycles. The van der Waals surface area contributed by atoms with Gasteiger partial charge in [-0.25, -0.2) is 9.78 Å². The molecular weight excluding hydrogens is 264 g/mol. The van der Waals surface area contributed by atoms with Crippen molar-refractivity contribution in [3.05, 3.63) is 22.3 Å². The van der Waals surface area contributed by atoms with Crippen LogP contribution in [0.15, 0.2) is 16.7 Å². The number of nitrogens with zero attached hydrogens (tertiary/aromatic N) is 1. The first-order valence-electron chi connectivity index (χ1n) is 4.28. The lowest BCUT2D eigenvalue weighted by atomic mass is 10.2. The maximum Gasteiger partial charge on any atom is 0.404 e. The van der Waals surface area contributed by atoms with Crippen LogP contribution in [0.25, 0.3) is 0 Å². The monoisotopic (exact) mass is 274 g/mol. The fourth-order valence-corrected chi connectivity index (χ4v) is 1.48. The Bertz CT molecular complexity index is 357. The minimum Gasteiger partial charge on any atom is -0.481 e. The Balaban J connectivity index is 2.62. The van der Waals surface area contributed by atoms with E-state index in [9.17, 15) is 4.79 Å². The highest BCUT2D eigenvalue weighted by Gasteiger charge is 2.03. The van der Waals surface area contributed by atoms with Crippen molar-refractivity contribution in [2.75, 3.05) is 13.7 Å². The zero-order valence-electron chi connectivity index (χ0n) is 8.16. The number of amides is 1. The second-order valence-corrected chi connectivity index (χ2v) is 3.65. The predicted molar refractivity (Wildman–Crippen MR) is 58.2 cm³/mol. The molecule has 0 atom stereocenters. The van der Waals surface area contributed by atoms with Crippen LogP contribution in [0.1, 0.15) is 5.56 Å². The molecule has 0 spiro atoms. The van der Waals surface area contributed by atoms with Gasteiger partial charge >= 0.3 is 6.09 Å². The molecule has 6 heteroatoms. The number of rotatable bonds is 4. The highest BCUT2D eigenvalue weighted by atomic mass is 79.9. The van der Waals surface area contributed by atoms with Crippen LogP contribution in [0, 0.1) is 0 Å². The minimum atomic E-state index is -1.02. The third-order valence-electron chi connectivity index (χ3n) is 1.79. The molecule has 0 bridgehead atoms. The van der Waals surface area contributed by atoms with Gasteiger partial charge in [-0.2, -0.15) is 0 Å². The molecule has 0 aliphatic carbocycles. The van der Waals surface area contributed by atoms with Crippen molar-refractivity contribution in [1.82, 2.24) is 10.3 Å². The van der Waals surface area contributed by atoms with Crippen molar-refractivity contribution >= 4 is 22.0 Å². The van der Waals surface area contributed by atoms with E-state index in [0.29, 0.717) is 18.8 Å². The molecule has 0 aliphatic heterocycles. The van der Waals surface area contributed by atoms with Gasteiger partial charge in [0, 0.05) is 23.3 Å². The van der Waals surface area contributed by atoms with E-state index in [1.807, 2.05) is 0 Å². The summed E-state index contributed by atoms with van der Waals surface area (Å²) < 4.78 is 5.81. The van der Waals surface area contributed by atoms with E-state index < -0.39 is 6.09 Å². The summed E-state index contributed by atoms with van der Waals surface area (Å²) in [5.41, 5.74) is 0.954. The Morgan fingerprint density at radius 3 is 3.07 bits per heavy atom. The van der Waals surface area contributed by atoms with Gasteiger partial charge in [0.05, 0.1) is 7.11 Å². The lowest BCUT2D eigenvalue weighted by Crippen LogP contribution is -2.23. The summed E-state index contributed by atoms with van der Waals surface area (Å²) >= 11 is 3.33. The third-order valence-corrected chi connectivity index (χ3v) is 2.50. The zero-order valence-corrected chi connectivity index (χ0v) is 9.74. The molecule has 0 radical (unpaired) electrons. The number of hydrogen-bond donors (Lipinski definition) is 2. The number of hydrogen-bond acceptors (Lipinski definition) is 3. The van der Waals surface area contributed by atoms with E-state index in [-0.39, 0.29) is 0 Å². The minimum absolute atomic E-state index is 0.362. The molecule has 15 heavy (non-hydrogen) atoms. The van der Waals surface area contributed by atoms with Crippen LogP contribution >= 0.6 is 15.9 Å². The summed E-state index contributed by atoms with van der Waals surface area (Å²) in [6.07, 6.45) is 1.20. The molecule has 1 aromatic rings. The van der Waals surface area contributed by atoms with Crippen LogP contribution < -0.4 is 10.1 Å². The van der Waals surface area contributed by atoms with Crippen molar-refractivity contribution in [1.29, 1.82) is 0 Å². The number of carboxylic acid groups (broad SMARTS) is 1. The van der Waals surface area contributed by atoms with Crippen LogP contribution in [0.3, 0.4) is 0 Å². The van der Waals surface area contributed by atoms with E-state index >= 15 is 0 Å². The second kappa shape index (κ2) is 5.55. The van der Waals surface area contributed by atoms with Crippen molar-refractivity contribution in [2.24, 2.45) is 0 Å². The first kappa shape index (κ1) is 11.8. The molecule has 82 valence electrons. The summed E-state index contributed by atoms with van der Waals surface area (Å²) in [5, 5.41) is 10.7. The maximum absolute atomic E-state index is 10.2. The lowest BCUT2D eigenvalue weighted by Gasteiger charge is -2.06. The number of aromatic nitrogens is 1. The smallest absolute Gasteiger partial charge is 0.404 e. The van der Waals surface area contributed by atoms with E-state index in [1.54, 1.807) is 12.3 Å². The fourth-order valence-electron chi connectivity index (χ4n) is 1.07. The van der Waals surface area contributed by atoms with Gasteiger partial charge in [-0.3, -0.25) is 0 Å². The van der Waals surface area contributed by atoms with Crippen molar-refractivity contribution in [3.8, 4) is 5.88 Å². The third kappa shape index (κ3) is 3.75. The average Bonchev–Trinajstić information content (AvgIpc) is 2.20. The Kier molecular flexibility index (Phi) is 4.36. The van der Waals surface area contributed by atoms with Crippen LogP contribution in [-0.4, -0.2) is 29.8 Å². The maximum atomic E-state index is 10.2. The van der Waals surface area contributed by atoms with Gasteiger partial charge in [0.2, 0.25) is 5.88 Å². The molecule has 0 saturated carbocycles. The molecule has 1 amide bonds. The van der Waals surface area contributed by atoms with Gasteiger partial charge < -0.3 is 15.2 Å². The molecule has 0 aromatic carbocycles. The van der Waals surface area contributed by atoms with Crippen LogP contribution in [-0.2, 0) is 6.42 Å². The molecule has 0 unspecified atom stereocenters. The summed E-state index contributed by atoms with van der Waals surface area (Å²) in [6.45, 7) is 0.362. The number of pyridine rings is 1. The molecule has 1 rings (SSSR count). The fraction of sp³-hybridized carbons (Fsp3) is 0.333. The van der Waals surface area contributed by atoms with Gasteiger partial charge in [0.25, 0.3) is 0 Å². The summed E-state index contributed by atoms with van der Waals surface area (Å²) in [4.78, 5) is 14.2. The molecule has 0 aliphatic rings. The van der Waals surface area contributed by atoms with Gasteiger partial charge in [-0.05, 0) is 27.9 Å². The highest BCUT2D eigenvalue weighted by Crippen LogP contribution is 2.19. The van der Waals surface area contributed by atoms with Gasteiger partial charge in [-0.15, -0.1) is 0 Å². The quantitative estimate of drug-likeness (QED) is 0.876. The van der Waals surface area contributed by atoms with Crippen molar-refractivity contribution in [3.63, 3.8) is 0 Å². The molecule has 1 aromatic heterocycles. The molecule has 2 N–H and O–H groups in total. The predicted octanol–water partition coefficient (Wildman–Crippen LogP) is 1.66. The first-order chi connectivity index (χ1) is 7.13. The molecule has 5 nitrogen and oxygen atoms in total. The number of ether oxygens (including phenoxy) is 1. The Labute approximate surface area is 95.6 Å². The van der Waals surface area contributed by atoms with Crippen molar-refractivity contribution < 1.29 is 14.6 Å². The lowest BCUT2D eigenvalue weighted by molar-refractivity contribution is 0.194. The zero-order chi connectivity index (χ0) is 11.3. The molecular formula is C9H11BrN2O3. The Morgan fingerprint density at radius 2 is 2.47 bits per heavy atom.